The molecule has 0 bridgehead atoms. The molecule has 0 amide bonds. The van der Waals surface area contributed by atoms with Gasteiger partial charge in [0, 0.05) is 29.7 Å². The summed E-state index contributed by atoms with van der Waals surface area (Å²) in [5.74, 6) is 0.796. The summed E-state index contributed by atoms with van der Waals surface area (Å²) in [5, 5.41) is 23.0. The Labute approximate surface area is 252 Å². The number of rotatable bonds is 16. The van der Waals surface area contributed by atoms with Gasteiger partial charge >= 0.3 is 0 Å². The van der Waals surface area contributed by atoms with Crippen LogP contribution in [0, 0.1) is 0 Å². The van der Waals surface area contributed by atoms with E-state index in [0.717, 1.165) is 35.3 Å². The zero-order chi connectivity index (χ0) is 28.9. The van der Waals surface area contributed by atoms with Crippen LogP contribution >= 0.6 is 23.2 Å². The molecule has 5 nitrogen and oxygen atoms in total. The van der Waals surface area contributed by atoms with Gasteiger partial charge in [-0.1, -0.05) is 89.9 Å². The van der Waals surface area contributed by atoms with Crippen LogP contribution in [-0.2, 0) is 17.6 Å². The molecule has 4 aromatic carbocycles. The lowest BCUT2D eigenvalue weighted by atomic mass is 10.1. The van der Waals surface area contributed by atoms with Gasteiger partial charge in [0.05, 0.1) is 25.4 Å². The molecule has 0 aliphatic heterocycles. The van der Waals surface area contributed by atoms with Gasteiger partial charge in [0.25, 0.3) is 0 Å². The molecule has 4 rings (SSSR count). The molecule has 0 saturated carbocycles. The summed E-state index contributed by atoms with van der Waals surface area (Å²) in [5.41, 5.74) is 3.88. The number of halogens is 2. The Hall–Kier alpha value is -2.90. The molecular formula is C34H37Cl2NO4. The maximum atomic E-state index is 10.9. The van der Waals surface area contributed by atoms with Crippen LogP contribution < -0.4 is 4.74 Å². The minimum absolute atomic E-state index is 0.351. The fourth-order valence-electron chi connectivity index (χ4n) is 4.58. The summed E-state index contributed by atoms with van der Waals surface area (Å²) < 4.78 is 11.5. The van der Waals surface area contributed by atoms with Crippen molar-refractivity contribution in [1.82, 2.24) is 4.90 Å². The molecule has 7 heteroatoms. The van der Waals surface area contributed by atoms with Crippen molar-refractivity contribution < 1.29 is 19.7 Å². The van der Waals surface area contributed by atoms with Crippen molar-refractivity contribution in [2.24, 2.45) is 0 Å². The van der Waals surface area contributed by atoms with Gasteiger partial charge in [0.2, 0.25) is 0 Å². The Morgan fingerprint density at radius 2 is 1.20 bits per heavy atom. The molecule has 0 fully saturated rings. The average molecular weight is 595 g/mol. The van der Waals surface area contributed by atoms with E-state index >= 15 is 0 Å². The van der Waals surface area contributed by atoms with Gasteiger partial charge in [-0.15, -0.1) is 0 Å². The Morgan fingerprint density at radius 3 is 1.78 bits per heavy atom. The third-order valence-electron chi connectivity index (χ3n) is 6.84. The minimum atomic E-state index is -0.744. The fraction of sp³-hybridized carbons (Fsp3) is 0.294. The van der Waals surface area contributed by atoms with Crippen LogP contribution in [0.3, 0.4) is 0 Å². The van der Waals surface area contributed by atoms with E-state index in [0.29, 0.717) is 49.5 Å². The highest BCUT2D eigenvalue weighted by molar-refractivity contribution is 6.30. The normalized spacial score (nSPS) is 12.8. The van der Waals surface area contributed by atoms with Crippen molar-refractivity contribution in [3.05, 3.63) is 135 Å². The van der Waals surface area contributed by atoms with E-state index in [1.807, 2.05) is 66.7 Å². The second kappa shape index (κ2) is 16.5. The maximum absolute atomic E-state index is 10.9. The molecule has 0 aliphatic carbocycles. The van der Waals surface area contributed by atoms with E-state index in [2.05, 4.69) is 17.0 Å². The lowest BCUT2D eigenvalue weighted by Gasteiger charge is -2.28. The van der Waals surface area contributed by atoms with Crippen molar-refractivity contribution in [3.8, 4) is 5.75 Å². The summed E-state index contributed by atoms with van der Waals surface area (Å²) in [6.45, 7) is 3.04. The van der Waals surface area contributed by atoms with E-state index in [-0.39, 0.29) is 0 Å². The Balaban J connectivity index is 1.27. The molecule has 0 radical (unpaired) electrons. The van der Waals surface area contributed by atoms with Gasteiger partial charge in [0.1, 0.15) is 12.4 Å². The van der Waals surface area contributed by atoms with Crippen LogP contribution in [-0.4, -0.2) is 54.6 Å². The molecular weight excluding hydrogens is 557 g/mol. The van der Waals surface area contributed by atoms with E-state index < -0.39 is 12.2 Å². The van der Waals surface area contributed by atoms with Gasteiger partial charge in [0.15, 0.2) is 0 Å². The molecule has 0 heterocycles. The third kappa shape index (κ3) is 10.8. The van der Waals surface area contributed by atoms with Crippen molar-refractivity contribution in [3.63, 3.8) is 0 Å². The molecule has 2 atom stereocenters. The summed E-state index contributed by atoms with van der Waals surface area (Å²) in [6, 6.07) is 32.8. The highest BCUT2D eigenvalue weighted by atomic mass is 35.5. The number of ether oxygens (including phenoxy) is 2. The lowest BCUT2D eigenvalue weighted by Crippen LogP contribution is -2.34. The Kier molecular flexibility index (Phi) is 12.5. The van der Waals surface area contributed by atoms with Crippen molar-refractivity contribution in [1.29, 1.82) is 0 Å². The predicted octanol–water partition coefficient (Wildman–Crippen LogP) is 6.94. The zero-order valence-electron chi connectivity index (χ0n) is 23.0. The smallest absolute Gasteiger partial charge is 0.119 e. The monoisotopic (exact) mass is 593 g/mol. The average Bonchev–Trinajstić information content (AvgIpc) is 2.98. The first kappa shape index (κ1) is 31.0. The predicted molar refractivity (Wildman–Crippen MR) is 166 cm³/mol. The van der Waals surface area contributed by atoms with E-state index in [9.17, 15) is 10.2 Å². The number of hydrogen-bond acceptors (Lipinski definition) is 5. The first-order valence-corrected chi connectivity index (χ1v) is 14.6. The molecule has 2 N–H and O–H groups in total. The summed E-state index contributed by atoms with van der Waals surface area (Å²) in [4.78, 5) is 2.06. The van der Waals surface area contributed by atoms with Gasteiger partial charge in [-0.25, -0.2) is 0 Å². The van der Waals surface area contributed by atoms with Gasteiger partial charge in [-0.05, 0) is 71.5 Å². The molecule has 0 aromatic heterocycles. The lowest BCUT2D eigenvalue weighted by molar-refractivity contribution is 0.0694. The largest absolute Gasteiger partial charge is 0.491 e. The number of aliphatic hydroxyl groups is 2. The van der Waals surface area contributed by atoms with Crippen molar-refractivity contribution in [2.45, 2.75) is 25.0 Å². The quantitative estimate of drug-likeness (QED) is 0.138. The van der Waals surface area contributed by atoms with Gasteiger partial charge < -0.3 is 19.7 Å². The molecule has 0 aliphatic rings. The fourth-order valence-corrected chi connectivity index (χ4v) is 4.98. The third-order valence-corrected chi connectivity index (χ3v) is 7.31. The highest BCUT2D eigenvalue weighted by Gasteiger charge is 2.19. The second-order valence-electron chi connectivity index (χ2n) is 9.99. The number of hydrogen-bond donors (Lipinski definition) is 2. The molecule has 0 saturated heterocycles. The maximum Gasteiger partial charge on any atom is 0.119 e. The highest BCUT2D eigenvalue weighted by Crippen LogP contribution is 2.23. The van der Waals surface area contributed by atoms with E-state index in [1.165, 1.54) is 5.56 Å². The SMILES string of the molecule is OC(CN(CCc1ccc(OCCOCCc2ccccc2)cc1)CC(O)c1cccc(Cl)c1)c1cccc(Cl)c1. The topological polar surface area (TPSA) is 62.2 Å². The zero-order valence-corrected chi connectivity index (χ0v) is 24.6. The molecule has 0 spiro atoms. The van der Waals surface area contributed by atoms with Crippen LogP contribution in [0.5, 0.6) is 5.75 Å². The van der Waals surface area contributed by atoms with Crippen LogP contribution in [0.4, 0.5) is 0 Å². The van der Waals surface area contributed by atoms with Crippen LogP contribution in [0.15, 0.2) is 103 Å². The van der Waals surface area contributed by atoms with Crippen molar-refractivity contribution >= 4 is 23.2 Å². The van der Waals surface area contributed by atoms with Gasteiger partial charge in [-0.2, -0.15) is 0 Å². The first-order chi connectivity index (χ1) is 20.0. The minimum Gasteiger partial charge on any atom is -0.491 e. The Bertz CT molecular complexity index is 1270. The molecule has 216 valence electrons. The number of aliphatic hydroxyl groups excluding tert-OH is 2. The number of nitrogens with zero attached hydrogens (tertiary/aromatic N) is 1. The Morgan fingerprint density at radius 1 is 0.610 bits per heavy atom. The number of benzene rings is 4. The van der Waals surface area contributed by atoms with E-state index in [4.69, 9.17) is 32.7 Å². The van der Waals surface area contributed by atoms with Gasteiger partial charge in [-0.3, -0.25) is 4.90 Å². The van der Waals surface area contributed by atoms with Crippen LogP contribution in [0.25, 0.3) is 0 Å². The first-order valence-electron chi connectivity index (χ1n) is 13.9. The van der Waals surface area contributed by atoms with Crippen molar-refractivity contribution in [2.75, 3.05) is 39.5 Å². The van der Waals surface area contributed by atoms with Crippen LogP contribution in [0.1, 0.15) is 34.5 Å². The molecule has 41 heavy (non-hydrogen) atoms. The summed E-state index contributed by atoms with van der Waals surface area (Å²) >= 11 is 12.3. The van der Waals surface area contributed by atoms with Crippen LogP contribution in [0.2, 0.25) is 10.0 Å². The second-order valence-corrected chi connectivity index (χ2v) is 10.9. The molecule has 4 aromatic rings. The molecule has 2 unspecified atom stereocenters. The standard InChI is InChI=1S/C34H37Cl2NO4/c35-30-10-4-8-28(22-30)33(38)24-37(25-34(39)29-9-5-11-31(36)23-29)18-16-27-12-14-32(15-13-27)41-21-20-40-19-17-26-6-2-1-3-7-26/h1-15,22-23,33-34,38-39H,16-21,24-25H2. The summed E-state index contributed by atoms with van der Waals surface area (Å²) in [6.07, 6.45) is 0.142. The summed E-state index contributed by atoms with van der Waals surface area (Å²) in [7, 11) is 0. The van der Waals surface area contributed by atoms with E-state index in [1.54, 1.807) is 24.3 Å².